The van der Waals surface area contributed by atoms with Crippen LogP contribution in [0.4, 0.5) is 0 Å². The van der Waals surface area contributed by atoms with Gasteiger partial charge in [-0.15, -0.1) is 0 Å². The number of nitrogens with zero attached hydrogens (tertiary/aromatic N) is 1. The van der Waals surface area contributed by atoms with Crippen LogP contribution >= 0.6 is 23.2 Å². The van der Waals surface area contributed by atoms with Crippen LogP contribution in [0.1, 0.15) is 11.1 Å². The van der Waals surface area contributed by atoms with Gasteiger partial charge in [0.1, 0.15) is 5.75 Å². The van der Waals surface area contributed by atoms with Gasteiger partial charge in [0.15, 0.2) is 0 Å². The predicted molar refractivity (Wildman–Crippen MR) is 77.0 cm³/mol. The molecule has 0 aromatic heterocycles. The lowest BCUT2D eigenvalue weighted by Gasteiger charge is -2.07. The van der Waals surface area contributed by atoms with E-state index in [9.17, 15) is 4.79 Å². The maximum absolute atomic E-state index is 11.8. The minimum absolute atomic E-state index is 0.0154. The van der Waals surface area contributed by atoms with Crippen molar-refractivity contribution in [3.63, 3.8) is 0 Å². The molecule has 20 heavy (non-hydrogen) atoms. The van der Waals surface area contributed by atoms with Crippen molar-refractivity contribution in [2.75, 3.05) is 0 Å². The van der Waals surface area contributed by atoms with Crippen LogP contribution < -0.4 is 4.74 Å². The molecule has 0 saturated heterocycles. The first-order valence-corrected chi connectivity index (χ1v) is 6.49. The van der Waals surface area contributed by atoms with E-state index in [0.29, 0.717) is 26.9 Å². The monoisotopic (exact) mass is 305 g/mol. The molecule has 2 rings (SSSR count). The van der Waals surface area contributed by atoms with Gasteiger partial charge in [0.2, 0.25) is 0 Å². The number of carbonyl (C=O) groups excluding carboxylic acids is 1. The van der Waals surface area contributed by atoms with Crippen molar-refractivity contribution < 1.29 is 9.53 Å². The van der Waals surface area contributed by atoms with Gasteiger partial charge in [-0.1, -0.05) is 29.3 Å². The molecule has 2 aromatic rings. The minimum atomic E-state index is -0.468. The molecule has 0 N–H and O–H groups in total. The fourth-order valence-electron chi connectivity index (χ4n) is 1.61. The summed E-state index contributed by atoms with van der Waals surface area (Å²) in [6, 6.07) is 13.3. The smallest absolute Gasteiger partial charge is 0.315 e. The SMILES string of the molecule is N#Cc1ccc(OC(=O)Cc2c(Cl)cccc2Cl)cc1. The van der Waals surface area contributed by atoms with Crippen LogP contribution in [0.2, 0.25) is 10.0 Å². The van der Waals surface area contributed by atoms with Gasteiger partial charge in [0.05, 0.1) is 18.1 Å². The molecule has 0 amide bonds. The van der Waals surface area contributed by atoms with E-state index in [0.717, 1.165) is 0 Å². The van der Waals surface area contributed by atoms with Crippen molar-refractivity contribution in [3.05, 3.63) is 63.6 Å². The molecule has 0 radical (unpaired) electrons. The van der Waals surface area contributed by atoms with Crippen LogP contribution in [0.5, 0.6) is 5.75 Å². The van der Waals surface area contributed by atoms with Gasteiger partial charge in [0.25, 0.3) is 0 Å². The van der Waals surface area contributed by atoms with E-state index in [1.54, 1.807) is 42.5 Å². The average Bonchev–Trinajstić information content (AvgIpc) is 2.44. The molecule has 0 fully saturated rings. The molecular weight excluding hydrogens is 297 g/mol. The van der Waals surface area contributed by atoms with Crippen LogP contribution in [0.3, 0.4) is 0 Å². The molecule has 0 saturated carbocycles. The highest BCUT2D eigenvalue weighted by Crippen LogP contribution is 2.25. The van der Waals surface area contributed by atoms with E-state index in [-0.39, 0.29) is 6.42 Å². The van der Waals surface area contributed by atoms with Gasteiger partial charge in [-0.2, -0.15) is 5.26 Å². The summed E-state index contributed by atoms with van der Waals surface area (Å²) in [5.74, 6) is -0.0955. The number of rotatable bonds is 3. The van der Waals surface area contributed by atoms with Crippen molar-refractivity contribution in [1.29, 1.82) is 5.26 Å². The summed E-state index contributed by atoms with van der Waals surface area (Å²) >= 11 is 12.0. The van der Waals surface area contributed by atoms with E-state index in [4.69, 9.17) is 33.2 Å². The lowest BCUT2D eigenvalue weighted by atomic mass is 10.1. The Kier molecular flexibility index (Phi) is 4.62. The predicted octanol–water partition coefficient (Wildman–Crippen LogP) is 4.01. The molecule has 0 unspecified atom stereocenters. The zero-order valence-electron chi connectivity index (χ0n) is 10.3. The van der Waals surface area contributed by atoms with Crippen molar-refractivity contribution >= 4 is 29.2 Å². The lowest BCUT2D eigenvalue weighted by molar-refractivity contribution is -0.133. The Labute approximate surface area is 126 Å². The summed E-state index contributed by atoms with van der Waals surface area (Å²) < 4.78 is 5.16. The fraction of sp³-hybridized carbons (Fsp3) is 0.0667. The van der Waals surface area contributed by atoms with Crippen molar-refractivity contribution in [2.45, 2.75) is 6.42 Å². The molecule has 3 nitrogen and oxygen atoms in total. The molecule has 0 aliphatic heterocycles. The third-order valence-electron chi connectivity index (χ3n) is 2.60. The number of benzene rings is 2. The number of hydrogen-bond acceptors (Lipinski definition) is 3. The van der Waals surface area contributed by atoms with E-state index in [1.165, 1.54) is 0 Å². The van der Waals surface area contributed by atoms with Crippen LogP contribution in [-0.2, 0) is 11.2 Å². The molecule has 0 aliphatic rings. The molecule has 100 valence electrons. The number of halogens is 2. The quantitative estimate of drug-likeness (QED) is 0.636. The maximum atomic E-state index is 11.8. The second kappa shape index (κ2) is 6.42. The van der Waals surface area contributed by atoms with Crippen molar-refractivity contribution in [3.8, 4) is 11.8 Å². The second-order valence-corrected chi connectivity index (χ2v) is 4.80. The van der Waals surface area contributed by atoms with Gasteiger partial charge >= 0.3 is 5.97 Å². The summed E-state index contributed by atoms with van der Waals surface area (Å²) in [6.07, 6.45) is -0.0154. The first-order valence-electron chi connectivity index (χ1n) is 5.74. The van der Waals surface area contributed by atoms with Gasteiger partial charge < -0.3 is 4.74 Å². The Bertz CT molecular complexity index is 655. The molecule has 5 heteroatoms. The number of carbonyl (C=O) groups is 1. The number of esters is 1. The topological polar surface area (TPSA) is 50.1 Å². The highest BCUT2D eigenvalue weighted by molar-refractivity contribution is 6.36. The average molecular weight is 306 g/mol. The first-order chi connectivity index (χ1) is 9.60. The van der Waals surface area contributed by atoms with Gasteiger partial charge in [-0.25, -0.2) is 0 Å². The van der Waals surface area contributed by atoms with Crippen LogP contribution in [-0.4, -0.2) is 5.97 Å². The summed E-state index contributed by atoms with van der Waals surface area (Å²) in [6.45, 7) is 0. The first kappa shape index (κ1) is 14.4. The van der Waals surface area contributed by atoms with Gasteiger partial charge in [-0.3, -0.25) is 4.79 Å². The number of ether oxygens (including phenoxy) is 1. The summed E-state index contributed by atoms with van der Waals surface area (Å²) in [5.41, 5.74) is 1.04. The third-order valence-corrected chi connectivity index (χ3v) is 3.31. The molecular formula is C15H9Cl2NO2. The third kappa shape index (κ3) is 3.51. The Morgan fingerprint density at radius 1 is 1.10 bits per heavy atom. The highest BCUT2D eigenvalue weighted by Gasteiger charge is 2.12. The van der Waals surface area contributed by atoms with Crippen LogP contribution in [0.25, 0.3) is 0 Å². The van der Waals surface area contributed by atoms with E-state index >= 15 is 0 Å². The molecule has 2 aromatic carbocycles. The lowest BCUT2D eigenvalue weighted by Crippen LogP contribution is -2.11. The summed E-state index contributed by atoms with van der Waals surface area (Å²) in [7, 11) is 0. The molecule has 0 bridgehead atoms. The zero-order valence-corrected chi connectivity index (χ0v) is 11.8. The van der Waals surface area contributed by atoms with Crippen LogP contribution in [0, 0.1) is 11.3 Å². The molecule has 0 heterocycles. The Hall–Kier alpha value is -2.02. The van der Waals surface area contributed by atoms with Crippen molar-refractivity contribution in [1.82, 2.24) is 0 Å². The van der Waals surface area contributed by atoms with Gasteiger partial charge in [0, 0.05) is 15.6 Å². The van der Waals surface area contributed by atoms with Crippen LogP contribution in [0.15, 0.2) is 42.5 Å². The number of nitriles is 1. The normalized spacial score (nSPS) is 9.85. The van der Waals surface area contributed by atoms with E-state index < -0.39 is 5.97 Å². The highest BCUT2D eigenvalue weighted by atomic mass is 35.5. The Morgan fingerprint density at radius 3 is 2.25 bits per heavy atom. The second-order valence-electron chi connectivity index (χ2n) is 3.99. The standard InChI is InChI=1S/C15H9Cl2NO2/c16-13-2-1-3-14(17)12(13)8-15(19)20-11-6-4-10(9-18)5-7-11/h1-7H,8H2. The summed E-state index contributed by atoms with van der Waals surface area (Å²) in [5, 5.41) is 9.53. The maximum Gasteiger partial charge on any atom is 0.315 e. The number of hydrogen-bond donors (Lipinski definition) is 0. The fourth-order valence-corrected chi connectivity index (χ4v) is 2.14. The zero-order chi connectivity index (χ0) is 14.5. The molecule has 0 atom stereocenters. The van der Waals surface area contributed by atoms with E-state index in [2.05, 4.69) is 0 Å². The largest absolute Gasteiger partial charge is 0.426 e. The minimum Gasteiger partial charge on any atom is -0.426 e. The molecule has 0 spiro atoms. The Morgan fingerprint density at radius 2 is 1.70 bits per heavy atom. The Balaban J connectivity index is 2.07. The van der Waals surface area contributed by atoms with E-state index in [1.807, 2.05) is 6.07 Å². The van der Waals surface area contributed by atoms with Gasteiger partial charge in [-0.05, 0) is 36.4 Å². The molecule has 0 aliphatic carbocycles. The summed E-state index contributed by atoms with van der Waals surface area (Å²) in [4.78, 5) is 11.8. The van der Waals surface area contributed by atoms with Crippen molar-refractivity contribution in [2.24, 2.45) is 0 Å².